The fraction of sp³-hybridized carbons (Fsp3) is 0.400. The fourth-order valence-corrected chi connectivity index (χ4v) is 11.9. The molecule has 8 aromatic rings. The molecule has 8 aromatic carbocycles. The van der Waals surface area contributed by atoms with E-state index < -0.39 is 22.2 Å². The van der Waals surface area contributed by atoms with E-state index in [0.717, 1.165) is 109 Å². The van der Waals surface area contributed by atoms with E-state index in [1.54, 1.807) is 28.4 Å². The van der Waals surface area contributed by atoms with E-state index in [1.165, 1.54) is 0 Å². The maximum absolute atomic E-state index is 13.7. The van der Waals surface area contributed by atoms with Crippen molar-refractivity contribution in [3.8, 4) is 67.5 Å². The highest BCUT2D eigenvalue weighted by molar-refractivity contribution is 5.77. The lowest BCUT2D eigenvalue weighted by Crippen LogP contribution is -2.37. The first-order valence-electron chi connectivity index (χ1n) is 33.0. The van der Waals surface area contributed by atoms with Crippen molar-refractivity contribution >= 4 is 22.7 Å². The Morgan fingerprint density at radius 1 is 0.250 bits per heavy atom. The first-order valence-corrected chi connectivity index (χ1v) is 33.0. The SMILES string of the molecule is COCCOc1c2cc(-c3ccc(N([O])C(C)(C)C)cc3)cc1Cc1cc(-c3ccc(N([O])C(C)(C)C)cc3)cc(c1OCCOC)Cc1cc(-c3ccc(N([O])C(C)(C)C)cc3)cc(c1OCCOC)Cc1cc(-c3ccc(N([O])C(C)(C)C)cc3)cc(c1OCCOC)C2. The molecule has 0 heterocycles. The van der Waals surface area contributed by atoms with E-state index in [0.29, 0.717) is 97.9 Å². The van der Waals surface area contributed by atoms with Crippen LogP contribution in [0.15, 0.2) is 146 Å². The quantitative estimate of drug-likeness (QED) is 0.0416. The predicted octanol–water partition coefficient (Wildman–Crippen LogP) is 16.9. The van der Waals surface area contributed by atoms with Crippen LogP contribution in [0.1, 0.15) is 128 Å². The Hall–Kier alpha value is -8.16. The molecule has 0 spiro atoms. The van der Waals surface area contributed by atoms with Crippen LogP contribution in [-0.2, 0) is 65.5 Å². The topological polar surface area (TPSA) is 166 Å². The number of hydrogen-bond donors (Lipinski definition) is 0. The number of rotatable bonds is 24. The number of benzene rings is 8. The Bertz CT molecular complexity index is 3280. The summed E-state index contributed by atoms with van der Waals surface area (Å²) in [5.41, 5.74) is 13.4. The molecule has 16 nitrogen and oxygen atoms in total. The second-order valence-corrected chi connectivity index (χ2v) is 28.6. The maximum Gasteiger partial charge on any atom is 0.126 e. The maximum atomic E-state index is 13.7. The molecule has 0 saturated carbocycles. The molecule has 4 radical (unpaired) electrons. The molecular formula is C80H96N4O12. The Morgan fingerprint density at radius 2 is 0.406 bits per heavy atom. The van der Waals surface area contributed by atoms with Gasteiger partial charge in [-0.2, -0.15) is 0 Å². The minimum absolute atomic E-state index is 0.230. The molecule has 96 heavy (non-hydrogen) atoms. The monoisotopic (exact) mass is 1300 g/mol. The highest BCUT2D eigenvalue weighted by atomic mass is 16.5. The molecule has 0 aliphatic heterocycles. The van der Waals surface area contributed by atoms with Crippen LogP contribution in [0, 0.1) is 0 Å². The van der Waals surface area contributed by atoms with Gasteiger partial charge >= 0.3 is 0 Å². The van der Waals surface area contributed by atoms with Crippen LogP contribution in [0.4, 0.5) is 22.7 Å². The zero-order valence-corrected chi connectivity index (χ0v) is 59.0. The van der Waals surface area contributed by atoms with Gasteiger partial charge in [0.2, 0.25) is 0 Å². The minimum atomic E-state index is -0.671. The van der Waals surface area contributed by atoms with Crippen molar-refractivity contribution in [2.75, 3.05) is 102 Å². The predicted molar refractivity (Wildman–Crippen MR) is 380 cm³/mol. The lowest BCUT2D eigenvalue weighted by molar-refractivity contribution is 0.102. The molecule has 508 valence electrons. The van der Waals surface area contributed by atoms with Crippen molar-refractivity contribution in [3.05, 3.63) is 190 Å². The van der Waals surface area contributed by atoms with Crippen molar-refractivity contribution in [2.45, 2.75) is 131 Å². The molecule has 1 aliphatic rings. The van der Waals surface area contributed by atoms with Crippen LogP contribution in [0.5, 0.6) is 23.0 Å². The van der Waals surface area contributed by atoms with Crippen molar-refractivity contribution in [3.63, 3.8) is 0 Å². The summed E-state index contributed by atoms with van der Waals surface area (Å²) < 4.78 is 51.1. The number of fused-ring (bicyclic) bond motifs is 8. The zero-order valence-electron chi connectivity index (χ0n) is 59.0. The third-order valence-electron chi connectivity index (χ3n) is 16.8. The van der Waals surface area contributed by atoms with Crippen LogP contribution in [0.25, 0.3) is 44.5 Å². The number of nitrogens with zero attached hydrogens (tertiary/aromatic N) is 4. The molecule has 0 atom stereocenters. The van der Waals surface area contributed by atoms with E-state index >= 15 is 0 Å². The molecule has 0 saturated heterocycles. The summed E-state index contributed by atoms with van der Waals surface area (Å²) in [5.74, 6) is 2.63. The number of anilines is 4. The normalized spacial score (nSPS) is 12.7. The van der Waals surface area contributed by atoms with Gasteiger partial charge in [0, 0.05) is 54.1 Å². The summed E-state index contributed by atoms with van der Waals surface area (Å²) in [6.07, 6.45) is 1.22. The van der Waals surface area contributed by atoms with Crippen LogP contribution >= 0.6 is 0 Å². The summed E-state index contributed by atoms with van der Waals surface area (Å²) in [6.45, 7) is 24.9. The van der Waals surface area contributed by atoms with Gasteiger partial charge < -0.3 is 37.9 Å². The van der Waals surface area contributed by atoms with E-state index in [2.05, 4.69) is 48.5 Å². The molecule has 0 aromatic heterocycles. The van der Waals surface area contributed by atoms with Gasteiger partial charge in [-0.1, -0.05) is 69.4 Å². The minimum Gasteiger partial charge on any atom is -0.491 e. The molecule has 0 fully saturated rings. The van der Waals surface area contributed by atoms with Gasteiger partial charge in [-0.3, -0.25) is 0 Å². The number of ether oxygens (including phenoxy) is 8. The summed E-state index contributed by atoms with van der Waals surface area (Å²) in [5, 5.41) is 58.8. The molecule has 0 unspecified atom stereocenters. The van der Waals surface area contributed by atoms with Crippen molar-refractivity contribution in [1.82, 2.24) is 0 Å². The van der Waals surface area contributed by atoms with Gasteiger partial charge in [-0.15, -0.1) is 0 Å². The van der Waals surface area contributed by atoms with Gasteiger partial charge in [0.05, 0.1) is 71.3 Å². The first kappa shape index (κ1) is 72.1. The van der Waals surface area contributed by atoms with Gasteiger partial charge in [0.25, 0.3) is 0 Å². The Kier molecular flexibility index (Phi) is 23.2. The smallest absolute Gasteiger partial charge is 0.126 e. The van der Waals surface area contributed by atoms with Crippen molar-refractivity contribution < 1.29 is 58.7 Å². The summed E-state index contributed by atoms with van der Waals surface area (Å²) in [6, 6.07) is 48.3. The van der Waals surface area contributed by atoms with Crippen LogP contribution < -0.4 is 39.2 Å². The van der Waals surface area contributed by atoms with Gasteiger partial charge in [-0.05, 0) is 269 Å². The highest BCUT2D eigenvalue weighted by Gasteiger charge is 2.29. The van der Waals surface area contributed by atoms with Crippen molar-refractivity contribution in [2.24, 2.45) is 0 Å². The van der Waals surface area contributed by atoms with Crippen LogP contribution in [-0.4, -0.2) is 103 Å². The Balaban J connectivity index is 1.41. The van der Waals surface area contributed by atoms with E-state index in [1.807, 2.05) is 180 Å². The average Bonchev–Trinajstić information content (AvgIpc) is 0.778. The summed E-state index contributed by atoms with van der Waals surface area (Å²) >= 11 is 0. The Labute approximate surface area is 568 Å². The zero-order chi connectivity index (χ0) is 69.3. The third-order valence-corrected chi connectivity index (χ3v) is 16.8. The van der Waals surface area contributed by atoms with E-state index in [4.69, 9.17) is 37.9 Å². The van der Waals surface area contributed by atoms with E-state index in [-0.39, 0.29) is 26.4 Å². The van der Waals surface area contributed by atoms with Gasteiger partial charge in [0.15, 0.2) is 0 Å². The average molecular weight is 1310 g/mol. The number of hydrogen-bond acceptors (Lipinski definition) is 12. The molecular weight excluding hydrogens is 1210 g/mol. The second-order valence-electron chi connectivity index (χ2n) is 28.6. The van der Waals surface area contributed by atoms with Gasteiger partial charge in [-0.25, -0.2) is 20.3 Å². The molecule has 1 aliphatic carbocycles. The van der Waals surface area contributed by atoms with E-state index in [9.17, 15) is 20.8 Å². The largest absolute Gasteiger partial charge is 0.491 e. The number of hydroxylamine groups is 4. The number of methoxy groups -OCH3 is 4. The Morgan fingerprint density at radius 3 is 0.542 bits per heavy atom. The highest BCUT2D eigenvalue weighted by Crippen LogP contribution is 2.46. The van der Waals surface area contributed by atoms with Crippen molar-refractivity contribution in [1.29, 1.82) is 0 Å². The first-order chi connectivity index (χ1) is 45.6. The lowest BCUT2D eigenvalue weighted by atomic mass is 9.86. The molecule has 8 bridgehead atoms. The molecule has 0 amide bonds. The summed E-state index contributed by atoms with van der Waals surface area (Å²) in [7, 11) is 6.63. The third kappa shape index (κ3) is 17.5. The second kappa shape index (κ2) is 30.9. The van der Waals surface area contributed by atoms with Gasteiger partial charge in [0.1, 0.15) is 49.4 Å². The molecule has 0 N–H and O–H groups in total. The molecule has 16 heteroatoms. The van der Waals surface area contributed by atoms with Crippen LogP contribution in [0.2, 0.25) is 0 Å². The standard InChI is InChI=1S/C80H96N4O12/c1-77(2,3)81(85)69-25-17-53(18-26-69)57-41-61-49-63-43-58(54-19-27-70(28-20-54)82(86)78(4,5)6)45-65(74(63)94-38-34-90-14)51-67-47-60(56-23-31-72(32-24-56)84(88)80(10,11)12)48-68(76(67)96-40-36-92-16)52-66-46-59(55-21-29-71(30-22-55)83(87)79(7,8)9)44-64(75(66)95-39-35-91-15)50-62(42-57)73(61)93-37-33-89-13/h17-32,41-48H,33-40,49-52H2,1-16H3. The summed E-state index contributed by atoms with van der Waals surface area (Å²) in [4.78, 5) is 0. The molecule has 9 rings (SSSR count). The fourth-order valence-electron chi connectivity index (χ4n) is 11.9. The van der Waals surface area contributed by atoms with Crippen LogP contribution in [0.3, 0.4) is 0 Å². The lowest BCUT2D eigenvalue weighted by Gasteiger charge is -2.29.